The average Bonchev–Trinajstić information content (AvgIpc) is 2.83. The number of unbranched alkanes of at least 4 members (excludes halogenated alkanes) is 10. The van der Waals surface area contributed by atoms with E-state index >= 15 is 0 Å². The van der Waals surface area contributed by atoms with Crippen LogP contribution < -0.4 is 11.1 Å². The van der Waals surface area contributed by atoms with E-state index in [1.54, 1.807) is 0 Å². The molecule has 0 aromatic rings. The number of hydrogen-bond acceptors (Lipinski definition) is 7. The third-order valence-electron chi connectivity index (χ3n) is 6.11. The Morgan fingerprint density at radius 3 is 1.76 bits per heavy atom. The van der Waals surface area contributed by atoms with E-state index < -0.39 is 61.3 Å². The van der Waals surface area contributed by atoms with E-state index in [9.17, 15) is 34.2 Å². The maximum absolute atomic E-state index is 12.2. The molecule has 0 aliphatic carbocycles. The van der Waals surface area contributed by atoms with Gasteiger partial charge in [-0.3, -0.25) is 19.2 Å². The molecular weight excluding hydrogens is 484 g/mol. The van der Waals surface area contributed by atoms with Crippen molar-refractivity contribution in [2.75, 3.05) is 13.2 Å². The van der Waals surface area contributed by atoms with Crippen molar-refractivity contribution in [1.82, 2.24) is 5.32 Å². The summed E-state index contributed by atoms with van der Waals surface area (Å²) in [6, 6.07) is -2.55. The van der Waals surface area contributed by atoms with Crippen LogP contribution in [-0.2, 0) is 28.7 Å². The quantitative estimate of drug-likeness (QED) is 0.109. The second kappa shape index (κ2) is 21.5. The molecule has 0 fully saturated rings. The van der Waals surface area contributed by atoms with Crippen molar-refractivity contribution < 1.29 is 44.0 Å². The number of hydrogen-bond donors (Lipinski definition) is 5. The van der Waals surface area contributed by atoms with Gasteiger partial charge in [-0.15, -0.1) is 0 Å². The Bertz CT molecular complexity index is 700. The fourth-order valence-electron chi connectivity index (χ4n) is 3.78. The molecule has 0 bridgehead atoms. The van der Waals surface area contributed by atoms with Gasteiger partial charge in [0.1, 0.15) is 17.9 Å². The molecule has 37 heavy (non-hydrogen) atoms. The normalized spacial score (nSPS) is 13.5. The minimum Gasteiger partial charge on any atom is -0.481 e. The van der Waals surface area contributed by atoms with Crippen molar-refractivity contribution in [1.29, 1.82) is 0 Å². The molecule has 3 atom stereocenters. The van der Waals surface area contributed by atoms with Crippen LogP contribution in [0.25, 0.3) is 0 Å². The second-order valence-corrected chi connectivity index (χ2v) is 9.54. The van der Waals surface area contributed by atoms with Gasteiger partial charge in [0, 0.05) is 19.3 Å². The predicted octanol–water partition coefficient (Wildman–Crippen LogP) is 3.13. The standard InChI is InChI=1S/C26H46N2O9/c1-2-3-4-5-6-7-8-9-10-11-12-13-23(30)28-22(26(35)36)15-14-20(29)16-19(24(31)32)17-37-18-21(27)25(33)34/h19,21-22H,2-18,27H2,1H3,(H,28,30)(H,31,32)(H,33,34)(H,35,36)/t19-,21+,22+/m0/s1. The summed E-state index contributed by atoms with van der Waals surface area (Å²) in [7, 11) is 0. The van der Waals surface area contributed by atoms with Crippen LogP contribution in [0.5, 0.6) is 0 Å². The summed E-state index contributed by atoms with van der Waals surface area (Å²) >= 11 is 0. The third kappa shape index (κ3) is 19.3. The number of nitrogens with two attached hydrogens (primary N) is 1. The maximum atomic E-state index is 12.2. The Balaban J connectivity index is 4.19. The fraction of sp³-hybridized carbons (Fsp3) is 0.808. The number of amides is 1. The van der Waals surface area contributed by atoms with Gasteiger partial charge in [0.25, 0.3) is 0 Å². The summed E-state index contributed by atoms with van der Waals surface area (Å²) in [6.45, 7) is 1.40. The van der Waals surface area contributed by atoms with Gasteiger partial charge in [-0.2, -0.15) is 0 Å². The van der Waals surface area contributed by atoms with Crippen molar-refractivity contribution in [3.8, 4) is 0 Å². The topological polar surface area (TPSA) is 193 Å². The molecule has 214 valence electrons. The number of carboxylic acid groups (broad SMARTS) is 3. The van der Waals surface area contributed by atoms with Gasteiger partial charge < -0.3 is 31.1 Å². The Labute approximate surface area is 219 Å². The molecule has 0 aliphatic heterocycles. The zero-order chi connectivity index (χ0) is 28.1. The second-order valence-electron chi connectivity index (χ2n) is 9.54. The molecular formula is C26H46N2O9. The molecule has 6 N–H and O–H groups in total. The Morgan fingerprint density at radius 1 is 0.730 bits per heavy atom. The number of nitrogens with one attached hydrogen (secondary N) is 1. The fourth-order valence-corrected chi connectivity index (χ4v) is 3.78. The summed E-state index contributed by atoms with van der Waals surface area (Å²) in [6.07, 6.45) is 12.0. The van der Waals surface area contributed by atoms with Gasteiger partial charge in [0.2, 0.25) is 5.91 Å². The lowest BCUT2D eigenvalue weighted by molar-refractivity contribution is -0.147. The largest absolute Gasteiger partial charge is 0.481 e. The van der Waals surface area contributed by atoms with Gasteiger partial charge in [0.15, 0.2) is 0 Å². The number of carboxylic acids is 3. The minimum absolute atomic E-state index is 0.157. The minimum atomic E-state index is -1.31. The molecule has 0 spiro atoms. The van der Waals surface area contributed by atoms with Crippen LogP contribution in [-0.4, -0.2) is 70.2 Å². The van der Waals surface area contributed by atoms with Crippen LogP contribution >= 0.6 is 0 Å². The monoisotopic (exact) mass is 530 g/mol. The molecule has 0 aliphatic rings. The summed E-state index contributed by atoms with van der Waals surface area (Å²) in [5.74, 6) is -5.96. The van der Waals surface area contributed by atoms with Crippen molar-refractivity contribution in [2.24, 2.45) is 11.7 Å². The summed E-state index contributed by atoms with van der Waals surface area (Å²) in [5.41, 5.74) is 5.28. The van der Waals surface area contributed by atoms with E-state index in [0.717, 1.165) is 19.3 Å². The molecule has 11 nitrogen and oxygen atoms in total. The summed E-state index contributed by atoms with van der Waals surface area (Å²) in [5, 5.41) is 29.8. The first-order valence-electron chi connectivity index (χ1n) is 13.4. The zero-order valence-corrected chi connectivity index (χ0v) is 22.1. The lowest BCUT2D eigenvalue weighted by Crippen LogP contribution is -2.41. The highest BCUT2D eigenvalue weighted by molar-refractivity contribution is 5.86. The molecule has 0 aromatic heterocycles. The van der Waals surface area contributed by atoms with Crippen LogP contribution in [0.4, 0.5) is 0 Å². The highest BCUT2D eigenvalue weighted by Gasteiger charge is 2.25. The first kappa shape index (κ1) is 34.5. The van der Waals surface area contributed by atoms with Crippen LogP contribution in [0.15, 0.2) is 0 Å². The molecule has 0 radical (unpaired) electrons. The van der Waals surface area contributed by atoms with Crippen molar-refractivity contribution >= 4 is 29.6 Å². The molecule has 0 saturated heterocycles. The number of aliphatic carboxylic acids is 3. The molecule has 11 heteroatoms. The smallest absolute Gasteiger partial charge is 0.326 e. The van der Waals surface area contributed by atoms with Gasteiger partial charge in [-0.05, 0) is 12.8 Å². The third-order valence-corrected chi connectivity index (χ3v) is 6.11. The van der Waals surface area contributed by atoms with Crippen LogP contribution in [0.3, 0.4) is 0 Å². The van der Waals surface area contributed by atoms with E-state index in [1.165, 1.54) is 44.9 Å². The summed E-state index contributed by atoms with van der Waals surface area (Å²) < 4.78 is 5.00. The van der Waals surface area contributed by atoms with E-state index in [0.29, 0.717) is 6.42 Å². The molecule has 0 unspecified atom stereocenters. The lowest BCUT2D eigenvalue weighted by atomic mass is 9.99. The molecule has 0 rings (SSSR count). The van der Waals surface area contributed by atoms with Gasteiger partial charge in [0.05, 0.1) is 19.1 Å². The van der Waals surface area contributed by atoms with Gasteiger partial charge in [-0.25, -0.2) is 4.79 Å². The molecule has 1 amide bonds. The predicted molar refractivity (Wildman–Crippen MR) is 137 cm³/mol. The highest BCUT2D eigenvalue weighted by atomic mass is 16.5. The van der Waals surface area contributed by atoms with E-state index in [2.05, 4.69) is 12.2 Å². The number of ketones is 1. The van der Waals surface area contributed by atoms with Gasteiger partial charge >= 0.3 is 17.9 Å². The average molecular weight is 531 g/mol. The first-order chi connectivity index (χ1) is 17.6. The van der Waals surface area contributed by atoms with Crippen LogP contribution in [0.1, 0.15) is 103 Å². The first-order valence-corrected chi connectivity index (χ1v) is 13.4. The van der Waals surface area contributed by atoms with E-state index in [-0.39, 0.29) is 25.2 Å². The lowest BCUT2D eigenvalue weighted by Gasteiger charge is -2.16. The molecule has 0 aromatic carbocycles. The van der Waals surface area contributed by atoms with Crippen LogP contribution in [0, 0.1) is 5.92 Å². The number of carbonyl (C=O) groups excluding carboxylic acids is 2. The number of ether oxygens (including phenoxy) is 1. The van der Waals surface area contributed by atoms with Gasteiger partial charge in [-0.1, -0.05) is 71.1 Å². The van der Waals surface area contributed by atoms with Crippen molar-refractivity contribution in [3.05, 3.63) is 0 Å². The highest BCUT2D eigenvalue weighted by Crippen LogP contribution is 2.13. The Hall–Kier alpha value is -2.53. The van der Waals surface area contributed by atoms with E-state index in [1.807, 2.05) is 0 Å². The number of carbonyl (C=O) groups is 5. The number of Topliss-reactive ketones (excluding diaryl/α,β-unsaturated/α-hetero) is 1. The number of rotatable bonds is 25. The van der Waals surface area contributed by atoms with Crippen molar-refractivity contribution in [2.45, 2.75) is 115 Å². The van der Waals surface area contributed by atoms with Crippen molar-refractivity contribution in [3.63, 3.8) is 0 Å². The SMILES string of the molecule is CCCCCCCCCCCCCC(=O)N[C@H](CCC(=O)C[C@@H](COC[C@@H](N)C(=O)O)C(=O)O)C(=O)O. The molecule has 0 saturated carbocycles. The summed E-state index contributed by atoms with van der Waals surface area (Å²) in [4.78, 5) is 57.9. The Morgan fingerprint density at radius 2 is 1.27 bits per heavy atom. The Kier molecular flexibility index (Phi) is 20.1. The van der Waals surface area contributed by atoms with Crippen LogP contribution in [0.2, 0.25) is 0 Å². The van der Waals surface area contributed by atoms with E-state index in [4.69, 9.17) is 15.6 Å². The zero-order valence-electron chi connectivity index (χ0n) is 22.1. The molecule has 0 heterocycles. The maximum Gasteiger partial charge on any atom is 0.326 e.